The van der Waals surface area contributed by atoms with E-state index in [0.717, 1.165) is 37.5 Å². The smallest absolute Gasteiger partial charge is 0.407 e. The molecule has 0 aliphatic heterocycles. The third kappa shape index (κ3) is 5.83. The van der Waals surface area contributed by atoms with Crippen LogP contribution in [0.25, 0.3) is 21.9 Å². The van der Waals surface area contributed by atoms with E-state index in [-0.39, 0.29) is 25.6 Å². The Morgan fingerprint density at radius 2 is 1.51 bits per heavy atom. The molecule has 4 aromatic carbocycles. The molecule has 1 aliphatic carbocycles. The Balaban J connectivity index is 1.05. The van der Waals surface area contributed by atoms with Gasteiger partial charge in [0.05, 0.1) is 0 Å². The summed E-state index contributed by atoms with van der Waals surface area (Å²) < 4.78 is 18.2. The molecule has 8 heteroatoms. The van der Waals surface area contributed by atoms with Gasteiger partial charge in [0.2, 0.25) is 0 Å². The SMILES string of the molecule is O=C(NC(Cc1ccc(COc2ccc3cc(Br)ccc3c2)o1)C(=O)O)OCC1c2ccccc2-c2ccccc21. The predicted molar refractivity (Wildman–Crippen MR) is 158 cm³/mol. The number of hydrogen-bond acceptors (Lipinski definition) is 5. The Hall–Kier alpha value is -4.56. The molecule has 1 atom stereocenters. The molecule has 0 saturated heterocycles. The second-order valence-corrected chi connectivity index (χ2v) is 10.8. The molecule has 0 fully saturated rings. The topological polar surface area (TPSA) is 98.0 Å². The molecule has 1 heterocycles. The molecule has 41 heavy (non-hydrogen) atoms. The third-order valence-electron chi connectivity index (χ3n) is 7.21. The Kier molecular flexibility index (Phi) is 7.48. The lowest BCUT2D eigenvalue weighted by molar-refractivity contribution is -0.139. The number of ether oxygens (including phenoxy) is 2. The van der Waals surface area contributed by atoms with E-state index in [0.29, 0.717) is 17.3 Å². The van der Waals surface area contributed by atoms with Crippen LogP contribution in [-0.4, -0.2) is 29.8 Å². The summed E-state index contributed by atoms with van der Waals surface area (Å²) in [7, 11) is 0. The molecule has 2 N–H and O–H groups in total. The number of benzene rings is 4. The maximum absolute atomic E-state index is 12.7. The molecule has 1 aliphatic rings. The number of rotatable bonds is 9. The van der Waals surface area contributed by atoms with Crippen molar-refractivity contribution in [2.75, 3.05) is 6.61 Å². The maximum atomic E-state index is 12.7. The van der Waals surface area contributed by atoms with Gasteiger partial charge < -0.3 is 24.3 Å². The molecular formula is C33H26BrNO6. The van der Waals surface area contributed by atoms with Crippen LogP contribution in [0.1, 0.15) is 28.6 Å². The quantitative estimate of drug-likeness (QED) is 0.181. The van der Waals surface area contributed by atoms with E-state index in [2.05, 4.69) is 33.4 Å². The van der Waals surface area contributed by atoms with Gasteiger partial charge >= 0.3 is 12.1 Å². The fraction of sp³-hybridized carbons (Fsp3) is 0.152. The number of aliphatic carboxylic acids is 1. The fourth-order valence-corrected chi connectivity index (χ4v) is 5.61. The van der Waals surface area contributed by atoms with Gasteiger partial charge in [-0.1, -0.05) is 76.6 Å². The number of fused-ring (bicyclic) bond motifs is 4. The molecule has 0 saturated carbocycles. The first-order chi connectivity index (χ1) is 19.9. The minimum absolute atomic E-state index is 0.0373. The van der Waals surface area contributed by atoms with Gasteiger partial charge in [-0.15, -0.1) is 0 Å². The molecule has 0 radical (unpaired) electrons. The first-order valence-corrected chi connectivity index (χ1v) is 14.0. The van der Waals surface area contributed by atoms with Crippen molar-refractivity contribution in [1.82, 2.24) is 5.32 Å². The summed E-state index contributed by atoms with van der Waals surface area (Å²) in [6, 6.07) is 30.1. The lowest BCUT2D eigenvalue weighted by Gasteiger charge is -2.17. The van der Waals surface area contributed by atoms with E-state index in [1.807, 2.05) is 72.8 Å². The van der Waals surface area contributed by atoms with Crippen molar-refractivity contribution in [3.8, 4) is 16.9 Å². The molecule has 0 spiro atoms. The molecule has 5 aromatic rings. The molecule has 1 aromatic heterocycles. The summed E-state index contributed by atoms with van der Waals surface area (Å²) in [6.45, 7) is 0.278. The second-order valence-electron chi connectivity index (χ2n) is 9.87. The van der Waals surface area contributed by atoms with Crippen molar-refractivity contribution in [3.05, 3.63) is 124 Å². The fourth-order valence-electron chi connectivity index (χ4n) is 5.23. The van der Waals surface area contributed by atoms with Gasteiger partial charge in [0.1, 0.15) is 36.5 Å². The number of carboxylic acids is 1. The number of carbonyl (C=O) groups excluding carboxylic acids is 1. The van der Waals surface area contributed by atoms with E-state index in [1.54, 1.807) is 12.1 Å². The zero-order chi connectivity index (χ0) is 28.3. The van der Waals surface area contributed by atoms with Crippen LogP contribution in [0.5, 0.6) is 5.75 Å². The highest BCUT2D eigenvalue weighted by atomic mass is 79.9. The van der Waals surface area contributed by atoms with Crippen LogP contribution in [0, 0.1) is 0 Å². The lowest BCUT2D eigenvalue weighted by Crippen LogP contribution is -2.42. The van der Waals surface area contributed by atoms with Crippen molar-refractivity contribution in [3.63, 3.8) is 0 Å². The van der Waals surface area contributed by atoms with Gasteiger partial charge in [-0.05, 0) is 69.4 Å². The summed E-state index contributed by atoms with van der Waals surface area (Å²) >= 11 is 3.48. The van der Waals surface area contributed by atoms with Crippen molar-refractivity contribution in [2.45, 2.75) is 25.0 Å². The van der Waals surface area contributed by atoms with Crippen molar-refractivity contribution >= 4 is 38.8 Å². The third-order valence-corrected chi connectivity index (χ3v) is 7.70. The average Bonchev–Trinajstić information content (AvgIpc) is 3.56. The minimum Gasteiger partial charge on any atom is -0.486 e. The van der Waals surface area contributed by atoms with E-state index < -0.39 is 18.1 Å². The monoisotopic (exact) mass is 611 g/mol. The second kappa shape index (κ2) is 11.5. The Bertz CT molecular complexity index is 1700. The van der Waals surface area contributed by atoms with Gasteiger partial charge in [0.25, 0.3) is 0 Å². The van der Waals surface area contributed by atoms with Crippen LogP contribution < -0.4 is 10.1 Å². The van der Waals surface area contributed by atoms with E-state index in [1.165, 1.54) is 0 Å². The number of halogens is 1. The Morgan fingerprint density at radius 3 is 2.24 bits per heavy atom. The average molecular weight is 612 g/mol. The molecular weight excluding hydrogens is 586 g/mol. The zero-order valence-corrected chi connectivity index (χ0v) is 23.5. The summed E-state index contributed by atoms with van der Waals surface area (Å²) in [6.07, 6.45) is -0.831. The van der Waals surface area contributed by atoms with Crippen molar-refractivity contribution in [2.24, 2.45) is 0 Å². The first kappa shape index (κ1) is 26.7. The van der Waals surface area contributed by atoms with Crippen LogP contribution in [0.2, 0.25) is 0 Å². The molecule has 7 nitrogen and oxygen atoms in total. The van der Waals surface area contributed by atoms with Crippen LogP contribution in [0.15, 0.2) is 106 Å². The number of furan rings is 1. The van der Waals surface area contributed by atoms with Gasteiger partial charge in [-0.25, -0.2) is 9.59 Å². The van der Waals surface area contributed by atoms with Crippen LogP contribution in [0.4, 0.5) is 4.79 Å². The van der Waals surface area contributed by atoms with Gasteiger partial charge in [0.15, 0.2) is 0 Å². The highest BCUT2D eigenvalue weighted by molar-refractivity contribution is 9.10. The molecule has 206 valence electrons. The normalized spacial score (nSPS) is 12.9. The standard InChI is InChI=1S/C33H26BrNO6/c34-22-11-9-21-16-23(12-10-20(21)15-22)39-18-25-14-13-24(41-25)17-31(32(36)37)35-33(38)40-19-30-28-7-3-1-5-26(28)27-6-2-4-8-29(27)30/h1-16,30-31H,17-19H2,(H,35,38)(H,36,37). The minimum atomic E-state index is -1.22. The zero-order valence-electron chi connectivity index (χ0n) is 21.9. The van der Waals surface area contributed by atoms with Gasteiger partial charge in [0, 0.05) is 16.8 Å². The summed E-state index contributed by atoms with van der Waals surface area (Å²) in [5.41, 5.74) is 4.40. The van der Waals surface area contributed by atoms with Gasteiger partial charge in [-0.2, -0.15) is 0 Å². The number of alkyl carbamates (subject to hydrolysis) is 1. The molecule has 0 bridgehead atoms. The van der Waals surface area contributed by atoms with Crippen LogP contribution >= 0.6 is 15.9 Å². The summed E-state index contributed by atoms with van der Waals surface area (Å²) in [4.78, 5) is 24.6. The molecule has 1 unspecified atom stereocenters. The Morgan fingerprint density at radius 1 is 0.854 bits per heavy atom. The number of carboxylic acid groups (broad SMARTS) is 1. The number of carbonyl (C=O) groups is 2. The number of hydrogen-bond donors (Lipinski definition) is 2. The number of nitrogens with one attached hydrogen (secondary N) is 1. The molecule has 6 rings (SSSR count). The largest absolute Gasteiger partial charge is 0.486 e. The number of amides is 1. The van der Waals surface area contributed by atoms with Gasteiger partial charge in [-0.3, -0.25) is 0 Å². The summed E-state index contributed by atoms with van der Waals surface area (Å²) in [5, 5.41) is 14.4. The lowest BCUT2D eigenvalue weighted by atomic mass is 9.98. The van der Waals surface area contributed by atoms with Crippen LogP contribution in [0.3, 0.4) is 0 Å². The first-order valence-electron chi connectivity index (χ1n) is 13.2. The maximum Gasteiger partial charge on any atom is 0.407 e. The van der Waals surface area contributed by atoms with Crippen molar-refractivity contribution < 1.29 is 28.6 Å². The van der Waals surface area contributed by atoms with E-state index >= 15 is 0 Å². The van der Waals surface area contributed by atoms with Crippen LogP contribution in [-0.2, 0) is 22.6 Å². The van der Waals surface area contributed by atoms with E-state index in [9.17, 15) is 14.7 Å². The molecule has 1 amide bonds. The van der Waals surface area contributed by atoms with Crippen molar-refractivity contribution in [1.29, 1.82) is 0 Å². The highest BCUT2D eigenvalue weighted by Crippen LogP contribution is 2.44. The predicted octanol–water partition coefficient (Wildman–Crippen LogP) is 7.31. The summed E-state index contributed by atoms with van der Waals surface area (Å²) in [5.74, 6) is 0.349. The van der Waals surface area contributed by atoms with E-state index in [4.69, 9.17) is 13.9 Å². The Labute approximate surface area is 244 Å². The highest BCUT2D eigenvalue weighted by Gasteiger charge is 2.30.